The molecule has 0 unspecified atom stereocenters. The van der Waals surface area contributed by atoms with Gasteiger partial charge in [0, 0.05) is 26.7 Å². The normalized spacial score (nSPS) is 11.8. The van der Waals surface area contributed by atoms with Gasteiger partial charge in [0.1, 0.15) is 11.4 Å². The van der Waals surface area contributed by atoms with Crippen molar-refractivity contribution < 1.29 is 13.9 Å². The van der Waals surface area contributed by atoms with Gasteiger partial charge < -0.3 is 20.7 Å². The minimum Gasteiger partial charge on any atom is -0.444 e. The number of amides is 1. The molecule has 3 N–H and O–H groups in total. The first kappa shape index (κ1) is 20.7. The lowest BCUT2D eigenvalue weighted by Gasteiger charge is -2.19. The van der Waals surface area contributed by atoms with Gasteiger partial charge in [-0.2, -0.15) is 0 Å². The third-order valence-electron chi connectivity index (χ3n) is 3.13. The SMILES string of the molecule is CN=C(NCCCc1cccc(F)c1)NCCNC(=O)OC(C)(C)C. The predicted octanol–water partition coefficient (Wildman–Crippen LogP) is 2.45. The molecule has 0 bridgehead atoms. The Bertz CT molecular complexity index is 570. The van der Waals surface area contributed by atoms with E-state index in [0.29, 0.717) is 19.0 Å². The van der Waals surface area contributed by atoms with Gasteiger partial charge in [0.25, 0.3) is 0 Å². The molecule has 1 aromatic carbocycles. The third-order valence-corrected chi connectivity index (χ3v) is 3.13. The van der Waals surface area contributed by atoms with Crippen LogP contribution in [0.5, 0.6) is 0 Å². The largest absolute Gasteiger partial charge is 0.444 e. The molecule has 1 amide bonds. The van der Waals surface area contributed by atoms with Crippen LogP contribution in [0.4, 0.5) is 9.18 Å². The molecule has 1 aromatic rings. The number of nitrogens with zero attached hydrogens (tertiary/aromatic N) is 1. The summed E-state index contributed by atoms with van der Waals surface area (Å²) in [4.78, 5) is 15.6. The number of nitrogens with one attached hydrogen (secondary N) is 3. The van der Waals surface area contributed by atoms with Crippen LogP contribution in [0, 0.1) is 5.82 Å². The summed E-state index contributed by atoms with van der Waals surface area (Å²) >= 11 is 0. The van der Waals surface area contributed by atoms with Crippen molar-refractivity contribution in [3.05, 3.63) is 35.6 Å². The zero-order valence-electron chi connectivity index (χ0n) is 15.5. The molecule has 0 fully saturated rings. The minimum atomic E-state index is -0.503. The molecule has 0 saturated carbocycles. The Morgan fingerprint density at radius 2 is 1.84 bits per heavy atom. The molecular formula is C18H29FN4O2. The van der Waals surface area contributed by atoms with Crippen molar-refractivity contribution in [2.45, 2.75) is 39.2 Å². The van der Waals surface area contributed by atoms with Gasteiger partial charge >= 0.3 is 6.09 Å². The van der Waals surface area contributed by atoms with E-state index in [0.717, 1.165) is 24.9 Å². The zero-order chi connectivity index (χ0) is 18.7. The quantitative estimate of drug-likeness (QED) is 0.400. The summed E-state index contributed by atoms with van der Waals surface area (Å²) < 4.78 is 18.2. The Labute approximate surface area is 149 Å². The van der Waals surface area contributed by atoms with Gasteiger partial charge in [0.2, 0.25) is 0 Å². The maximum Gasteiger partial charge on any atom is 0.407 e. The molecule has 1 rings (SSSR count). The van der Waals surface area contributed by atoms with Gasteiger partial charge in [-0.15, -0.1) is 0 Å². The first-order chi connectivity index (χ1) is 11.8. The maximum atomic E-state index is 13.1. The van der Waals surface area contributed by atoms with Crippen LogP contribution in [0.2, 0.25) is 0 Å². The molecule has 0 saturated heterocycles. The van der Waals surface area contributed by atoms with Gasteiger partial charge in [-0.05, 0) is 51.3 Å². The van der Waals surface area contributed by atoms with Crippen LogP contribution in [0.15, 0.2) is 29.3 Å². The Balaban J connectivity index is 2.15. The Kier molecular flexibility index (Phi) is 8.74. The minimum absolute atomic E-state index is 0.208. The second-order valence-electron chi connectivity index (χ2n) is 6.59. The third kappa shape index (κ3) is 10.2. The monoisotopic (exact) mass is 352 g/mol. The van der Waals surface area contributed by atoms with Crippen LogP contribution in [0.3, 0.4) is 0 Å². The number of aliphatic imine (C=N–C) groups is 1. The number of hydrogen-bond acceptors (Lipinski definition) is 3. The first-order valence-corrected chi connectivity index (χ1v) is 8.46. The fourth-order valence-corrected chi connectivity index (χ4v) is 2.07. The highest BCUT2D eigenvalue weighted by Gasteiger charge is 2.15. The fraction of sp³-hybridized carbons (Fsp3) is 0.556. The standard InChI is InChI=1S/C18H29FN4O2/c1-18(2,3)25-17(24)23-12-11-22-16(20-4)21-10-6-8-14-7-5-9-15(19)13-14/h5,7,9,13H,6,8,10-12H2,1-4H3,(H,23,24)(H2,20,21,22). The molecule has 0 aliphatic heterocycles. The van der Waals surface area contributed by atoms with E-state index < -0.39 is 11.7 Å². The van der Waals surface area contributed by atoms with Crippen molar-refractivity contribution in [1.29, 1.82) is 0 Å². The Hall–Kier alpha value is -2.31. The summed E-state index contributed by atoms with van der Waals surface area (Å²) in [6.07, 6.45) is 1.22. The number of hydrogen-bond donors (Lipinski definition) is 3. The zero-order valence-corrected chi connectivity index (χ0v) is 15.5. The van der Waals surface area contributed by atoms with Gasteiger partial charge in [0.15, 0.2) is 5.96 Å². The van der Waals surface area contributed by atoms with Crippen molar-refractivity contribution in [3.8, 4) is 0 Å². The summed E-state index contributed by atoms with van der Waals surface area (Å²) in [6, 6.07) is 6.63. The van der Waals surface area contributed by atoms with Gasteiger partial charge in [-0.25, -0.2) is 9.18 Å². The topological polar surface area (TPSA) is 74.8 Å². The van der Waals surface area contributed by atoms with Crippen LogP contribution in [0.25, 0.3) is 0 Å². The van der Waals surface area contributed by atoms with Crippen LogP contribution in [-0.2, 0) is 11.2 Å². The van der Waals surface area contributed by atoms with Crippen molar-refractivity contribution in [1.82, 2.24) is 16.0 Å². The highest BCUT2D eigenvalue weighted by Crippen LogP contribution is 2.06. The molecule has 25 heavy (non-hydrogen) atoms. The lowest BCUT2D eigenvalue weighted by Crippen LogP contribution is -2.42. The molecular weight excluding hydrogens is 323 g/mol. The van der Waals surface area contributed by atoms with Gasteiger partial charge in [-0.3, -0.25) is 4.99 Å². The van der Waals surface area contributed by atoms with Crippen LogP contribution >= 0.6 is 0 Å². The lowest BCUT2D eigenvalue weighted by molar-refractivity contribution is 0.0529. The maximum absolute atomic E-state index is 13.1. The van der Waals surface area contributed by atoms with E-state index >= 15 is 0 Å². The van der Waals surface area contributed by atoms with Crippen LogP contribution in [0.1, 0.15) is 32.8 Å². The molecule has 0 aliphatic rings. The predicted molar refractivity (Wildman–Crippen MR) is 98.3 cm³/mol. The number of aryl methyl sites for hydroxylation is 1. The van der Waals surface area contributed by atoms with E-state index in [9.17, 15) is 9.18 Å². The van der Waals surface area contributed by atoms with Crippen molar-refractivity contribution >= 4 is 12.1 Å². The number of guanidine groups is 1. The molecule has 0 heterocycles. The van der Waals surface area contributed by atoms with Crippen LogP contribution < -0.4 is 16.0 Å². The van der Waals surface area contributed by atoms with E-state index in [4.69, 9.17) is 4.74 Å². The molecule has 7 heteroatoms. The number of alkyl carbamates (subject to hydrolysis) is 1. The number of ether oxygens (including phenoxy) is 1. The summed E-state index contributed by atoms with van der Waals surface area (Å²) in [5.74, 6) is 0.450. The van der Waals surface area contributed by atoms with Gasteiger partial charge in [-0.1, -0.05) is 12.1 Å². The first-order valence-electron chi connectivity index (χ1n) is 8.46. The van der Waals surface area contributed by atoms with E-state index in [2.05, 4.69) is 20.9 Å². The molecule has 140 valence electrons. The number of rotatable bonds is 7. The van der Waals surface area contributed by atoms with E-state index in [1.807, 2.05) is 26.8 Å². The highest BCUT2D eigenvalue weighted by atomic mass is 19.1. The summed E-state index contributed by atoms with van der Waals surface area (Å²) in [5.41, 5.74) is 0.475. The molecule has 0 spiro atoms. The summed E-state index contributed by atoms with van der Waals surface area (Å²) in [5, 5.41) is 8.96. The second-order valence-corrected chi connectivity index (χ2v) is 6.59. The smallest absolute Gasteiger partial charge is 0.407 e. The van der Waals surface area contributed by atoms with Crippen molar-refractivity contribution in [2.24, 2.45) is 4.99 Å². The van der Waals surface area contributed by atoms with Crippen molar-refractivity contribution in [2.75, 3.05) is 26.7 Å². The summed E-state index contributed by atoms with van der Waals surface area (Å²) in [6.45, 7) is 7.14. The second kappa shape index (κ2) is 10.5. The van der Waals surface area contributed by atoms with E-state index in [-0.39, 0.29) is 5.82 Å². The van der Waals surface area contributed by atoms with E-state index in [1.54, 1.807) is 19.2 Å². The average molecular weight is 352 g/mol. The molecule has 0 aromatic heterocycles. The Morgan fingerprint density at radius 3 is 2.48 bits per heavy atom. The summed E-state index contributed by atoms with van der Waals surface area (Å²) in [7, 11) is 1.68. The van der Waals surface area contributed by atoms with Gasteiger partial charge in [0.05, 0.1) is 0 Å². The fourth-order valence-electron chi connectivity index (χ4n) is 2.07. The highest BCUT2D eigenvalue weighted by molar-refractivity contribution is 5.79. The number of carbonyl (C=O) groups is 1. The van der Waals surface area contributed by atoms with Crippen LogP contribution in [-0.4, -0.2) is 44.3 Å². The molecule has 0 aliphatic carbocycles. The van der Waals surface area contributed by atoms with E-state index in [1.165, 1.54) is 6.07 Å². The number of benzene rings is 1. The molecule has 0 atom stereocenters. The molecule has 6 nitrogen and oxygen atoms in total. The Morgan fingerprint density at radius 1 is 1.16 bits per heavy atom. The molecule has 0 radical (unpaired) electrons. The number of halogens is 1. The lowest BCUT2D eigenvalue weighted by atomic mass is 10.1. The number of carbonyl (C=O) groups excluding carboxylic acids is 1. The van der Waals surface area contributed by atoms with Crippen molar-refractivity contribution in [3.63, 3.8) is 0 Å². The average Bonchev–Trinajstić information content (AvgIpc) is 2.51.